The van der Waals surface area contributed by atoms with Crippen molar-refractivity contribution in [3.63, 3.8) is 0 Å². The van der Waals surface area contributed by atoms with Crippen LogP contribution in [0.15, 0.2) is 12.2 Å². The molecule has 0 aliphatic carbocycles. The van der Waals surface area contributed by atoms with Gasteiger partial charge in [0.15, 0.2) is 0 Å². The molecule has 58 valence electrons. The molecule has 0 aromatic rings. The van der Waals surface area contributed by atoms with Crippen molar-refractivity contribution in [1.29, 1.82) is 5.26 Å². The van der Waals surface area contributed by atoms with Crippen molar-refractivity contribution in [2.24, 2.45) is 0 Å². The SMILES string of the molecule is CC=CC#N.O=P(O)(O)O. The van der Waals surface area contributed by atoms with Gasteiger partial charge in [-0.1, -0.05) is 6.08 Å². The van der Waals surface area contributed by atoms with Crippen molar-refractivity contribution >= 4 is 7.82 Å². The third-order valence-corrected chi connectivity index (χ3v) is 0.241. The van der Waals surface area contributed by atoms with E-state index in [-0.39, 0.29) is 0 Å². The molecule has 0 saturated heterocycles. The zero-order valence-corrected chi connectivity index (χ0v) is 6.19. The first kappa shape index (κ1) is 12.1. The summed E-state index contributed by atoms with van der Waals surface area (Å²) in [4.78, 5) is 21.6. The van der Waals surface area contributed by atoms with Gasteiger partial charge in [0.25, 0.3) is 0 Å². The van der Waals surface area contributed by atoms with Crippen molar-refractivity contribution in [3.05, 3.63) is 12.2 Å². The van der Waals surface area contributed by atoms with Gasteiger partial charge in [0, 0.05) is 6.08 Å². The van der Waals surface area contributed by atoms with Crippen LogP contribution in [0.4, 0.5) is 0 Å². The molecule has 0 amide bonds. The second kappa shape index (κ2) is 6.46. The Bertz CT molecular complexity index is 168. The molecule has 0 aromatic carbocycles. The van der Waals surface area contributed by atoms with Gasteiger partial charge in [-0.25, -0.2) is 4.57 Å². The Labute approximate surface area is 58.5 Å². The lowest BCUT2D eigenvalue weighted by Gasteiger charge is -1.82. The maximum absolute atomic E-state index is 8.88. The number of nitriles is 1. The van der Waals surface area contributed by atoms with Crippen LogP contribution in [0.1, 0.15) is 6.92 Å². The van der Waals surface area contributed by atoms with Crippen LogP contribution in [-0.4, -0.2) is 14.7 Å². The van der Waals surface area contributed by atoms with Crippen LogP contribution in [0, 0.1) is 11.3 Å². The van der Waals surface area contributed by atoms with Gasteiger partial charge < -0.3 is 14.7 Å². The molecule has 10 heavy (non-hydrogen) atoms. The molecule has 0 rings (SSSR count). The smallest absolute Gasteiger partial charge is 0.303 e. The summed E-state index contributed by atoms with van der Waals surface area (Å²) in [5, 5.41) is 7.73. The fourth-order valence-electron chi connectivity index (χ4n) is 0.0745. The van der Waals surface area contributed by atoms with Crippen molar-refractivity contribution in [2.75, 3.05) is 0 Å². The number of hydrogen-bond acceptors (Lipinski definition) is 2. The normalized spacial score (nSPS) is 9.90. The van der Waals surface area contributed by atoms with Crippen LogP contribution in [-0.2, 0) is 4.57 Å². The minimum atomic E-state index is -4.64. The number of rotatable bonds is 0. The molecule has 0 aliphatic rings. The quantitative estimate of drug-likeness (QED) is 0.350. The fourth-order valence-corrected chi connectivity index (χ4v) is 0.0745. The van der Waals surface area contributed by atoms with E-state index in [4.69, 9.17) is 24.5 Å². The molecule has 0 heterocycles. The lowest BCUT2D eigenvalue weighted by atomic mass is 10.6. The Morgan fingerprint density at radius 3 is 1.80 bits per heavy atom. The first-order valence-electron chi connectivity index (χ1n) is 2.21. The molecule has 0 bridgehead atoms. The van der Waals surface area contributed by atoms with E-state index in [2.05, 4.69) is 0 Å². The number of nitrogens with zero attached hydrogens (tertiary/aromatic N) is 1. The summed E-state index contributed by atoms with van der Waals surface area (Å²) in [7, 11) is -4.64. The minimum absolute atomic E-state index is 1.43. The molecule has 5 nitrogen and oxygen atoms in total. The Kier molecular flexibility index (Phi) is 7.79. The van der Waals surface area contributed by atoms with E-state index in [1.807, 2.05) is 13.0 Å². The second-order valence-corrected chi connectivity index (χ2v) is 2.17. The van der Waals surface area contributed by atoms with Crippen molar-refractivity contribution in [3.8, 4) is 6.07 Å². The van der Waals surface area contributed by atoms with E-state index < -0.39 is 7.82 Å². The summed E-state index contributed by atoms with van der Waals surface area (Å²) >= 11 is 0. The number of phosphoric acid groups is 1. The van der Waals surface area contributed by atoms with E-state index in [0.717, 1.165) is 0 Å². The molecule has 0 fully saturated rings. The lowest BCUT2D eigenvalue weighted by molar-refractivity contribution is 0.275. The van der Waals surface area contributed by atoms with Crippen LogP contribution >= 0.6 is 7.82 Å². The fraction of sp³-hybridized carbons (Fsp3) is 0.250. The molecule has 0 atom stereocenters. The number of hydrogen-bond donors (Lipinski definition) is 3. The molecule has 3 N–H and O–H groups in total. The zero-order valence-electron chi connectivity index (χ0n) is 5.30. The van der Waals surface area contributed by atoms with Gasteiger partial charge in [0.05, 0.1) is 6.07 Å². The van der Waals surface area contributed by atoms with Crippen molar-refractivity contribution in [1.82, 2.24) is 0 Å². The van der Waals surface area contributed by atoms with Gasteiger partial charge >= 0.3 is 7.82 Å². The zero-order chi connectivity index (χ0) is 8.62. The summed E-state index contributed by atoms with van der Waals surface area (Å²) in [5.74, 6) is 0. The molecule has 0 saturated carbocycles. The largest absolute Gasteiger partial charge is 0.466 e. The molecule has 0 unspecified atom stereocenters. The summed E-state index contributed by atoms with van der Waals surface area (Å²) < 4.78 is 8.88. The van der Waals surface area contributed by atoms with Crippen LogP contribution < -0.4 is 0 Å². The van der Waals surface area contributed by atoms with Crippen LogP contribution in [0.25, 0.3) is 0 Å². The highest BCUT2D eigenvalue weighted by atomic mass is 31.2. The molecule has 0 aromatic heterocycles. The molecule has 6 heteroatoms. The molecular formula is C4H8NO4P. The van der Waals surface area contributed by atoms with Gasteiger partial charge in [0.2, 0.25) is 0 Å². The maximum atomic E-state index is 8.88. The van der Waals surface area contributed by atoms with Crippen LogP contribution in [0.3, 0.4) is 0 Å². The molecule has 0 spiro atoms. The van der Waals surface area contributed by atoms with Crippen molar-refractivity contribution < 1.29 is 19.2 Å². The van der Waals surface area contributed by atoms with E-state index >= 15 is 0 Å². The van der Waals surface area contributed by atoms with Gasteiger partial charge in [-0.3, -0.25) is 0 Å². The lowest BCUT2D eigenvalue weighted by Crippen LogP contribution is -1.66. The maximum Gasteiger partial charge on any atom is 0.466 e. The van der Waals surface area contributed by atoms with Crippen LogP contribution in [0.5, 0.6) is 0 Å². The Morgan fingerprint density at radius 2 is 1.80 bits per heavy atom. The summed E-state index contributed by atoms with van der Waals surface area (Å²) in [6, 6.07) is 1.84. The standard InChI is InChI=1S/C4H5N.H3O4P/c1-2-3-4-5;1-5(2,3)4/h2-3H,1H3;(H3,1,2,3,4). The number of allylic oxidation sites excluding steroid dienone is 2. The summed E-state index contributed by atoms with van der Waals surface area (Å²) in [6.07, 6.45) is 3.12. The van der Waals surface area contributed by atoms with E-state index in [1.54, 1.807) is 6.08 Å². The Hall–Kier alpha value is -0.660. The van der Waals surface area contributed by atoms with E-state index in [1.165, 1.54) is 6.08 Å². The van der Waals surface area contributed by atoms with Gasteiger partial charge in [-0.2, -0.15) is 5.26 Å². The third-order valence-electron chi connectivity index (χ3n) is 0.241. The predicted octanol–water partition coefficient (Wildman–Crippen LogP) is 0.157. The average molecular weight is 165 g/mol. The van der Waals surface area contributed by atoms with Crippen LogP contribution in [0.2, 0.25) is 0 Å². The summed E-state index contributed by atoms with van der Waals surface area (Å²) in [5.41, 5.74) is 0. The minimum Gasteiger partial charge on any atom is -0.303 e. The first-order valence-corrected chi connectivity index (χ1v) is 3.77. The highest BCUT2D eigenvalue weighted by Gasteiger charge is 2.00. The summed E-state index contributed by atoms with van der Waals surface area (Å²) in [6.45, 7) is 1.81. The van der Waals surface area contributed by atoms with Gasteiger partial charge in [-0.05, 0) is 6.92 Å². The topological polar surface area (TPSA) is 102 Å². The van der Waals surface area contributed by atoms with E-state index in [0.29, 0.717) is 0 Å². The highest BCUT2D eigenvalue weighted by molar-refractivity contribution is 7.45. The van der Waals surface area contributed by atoms with Crippen molar-refractivity contribution in [2.45, 2.75) is 6.92 Å². The average Bonchev–Trinajstić information content (AvgIpc) is 1.63. The predicted molar refractivity (Wildman–Crippen MR) is 34.7 cm³/mol. The Morgan fingerprint density at radius 1 is 1.50 bits per heavy atom. The monoisotopic (exact) mass is 165 g/mol. The highest BCUT2D eigenvalue weighted by Crippen LogP contribution is 2.25. The molecule has 0 aliphatic heterocycles. The molecular weight excluding hydrogens is 157 g/mol. The first-order chi connectivity index (χ1) is 4.41. The van der Waals surface area contributed by atoms with Gasteiger partial charge in [0.1, 0.15) is 0 Å². The van der Waals surface area contributed by atoms with E-state index in [9.17, 15) is 0 Å². The van der Waals surface area contributed by atoms with Gasteiger partial charge in [-0.15, -0.1) is 0 Å². The third kappa shape index (κ3) is 164. The molecule has 0 radical (unpaired) electrons. The Balaban J connectivity index is 0. The second-order valence-electron chi connectivity index (χ2n) is 1.14.